The second-order valence-electron chi connectivity index (χ2n) is 6.71. The summed E-state index contributed by atoms with van der Waals surface area (Å²) in [5.41, 5.74) is 2.54. The van der Waals surface area contributed by atoms with E-state index in [2.05, 4.69) is 35.1 Å². The molecule has 1 aliphatic heterocycles. The van der Waals surface area contributed by atoms with Crippen molar-refractivity contribution in [1.29, 1.82) is 0 Å². The number of nitrogens with one attached hydrogen (secondary N) is 1. The fourth-order valence-electron chi connectivity index (χ4n) is 2.95. The predicted octanol–water partition coefficient (Wildman–Crippen LogP) is 2.81. The number of allylic oxidation sites excluding steroid dienone is 1. The van der Waals surface area contributed by atoms with Crippen molar-refractivity contribution in [1.82, 2.24) is 15.2 Å². The Kier molecular flexibility index (Phi) is 7.27. The lowest BCUT2D eigenvalue weighted by Gasteiger charge is -2.32. The zero-order valence-electron chi connectivity index (χ0n) is 14.4. The Bertz CT molecular complexity index is 509. The molecule has 1 amide bonds. The van der Waals surface area contributed by atoms with Gasteiger partial charge in [-0.3, -0.25) is 14.7 Å². The third-order valence-electron chi connectivity index (χ3n) is 4.34. The van der Waals surface area contributed by atoms with Gasteiger partial charge in [-0.25, -0.2) is 0 Å². The molecule has 23 heavy (non-hydrogen) atoms. The minimum atomic E-state index is 0.156. The third-order valence-corrected chi connectivity index (χ3v) is 4.34. The van der Waals surface area contributed by atoms with Crippen molar-refractivity contribution in [3.05, 3.63) is 41.7 Å². The lowest BCUT2D eigenvalue weighted by Crippen LogP contribution is -2.41. The van der Waals surface area contributed by atoms with E-state index in [-0.39, 0.29) is 5.91 Å². The average molecular weight is 315 g/mol. The van der Waals surface area contributed by atoms with Crippen molar-refractivity contribution in [2.45, 2.75) is 39.5 Å². The summed E-state index contributed by atoms with van der Waals surface area (Å²) in [6.07, 6.45) is 9.62. The van der Waals surface area contributed by atoms with E-state index in [9.17, 15) is 4.79 Å². The van der Waals surface area contributed by atoms with Crippen molar-refractivity contribution in [3.8, 4) is 0 Å². The Morgan fingerprint density at radius 2 is 2.17 bits per heavy atom. The van der Waals surface area contributed by atoms with Gasteiger partial charge in [0.25, 0.3) is 0 Å². The summed E-state index contributed by atoms with van der Waals surface area (Å²) in [4.78, 5) is 18.5. The molecule has 0 aliphatic carbocycles. The molecule has 4 nitrogen and oxygen atoms in total. The minimum Gasteiger partial charge on any atom is -0.356 e. The van der Waals surface area contributed by atoms with E-state index in [1.165, 1.54) is 30.5 Å². The van der Waals surface area contributed by atoms with E-state index < -0.39 is 0 Å². The van der Waals surface area contributed by atoms with Crippen LogP contribution in [-0.2, 0) is 11.2 Å². The van der Waals surface area contributed by atoms with Crippen LogP contribution < -0.4 is 5.32 Å². The summed E-state index contributed by atoms with van der Waals surface area (Å²) in [7, 11) is 0. The summed E-state index contributed by atoms with van der Waals surface area (Å²) in [5, 5.41) is 3.11. The maximum absolute atomic E-state index is 12.0. The normalized spacial score (nSPS) is 18.4. The molecule has 1 saturated heterocycles. The van der Waals surface area contributed by atoms with Crippen molar-refractivity contribution in [2.24, 2.45) is 5.92 Å². The van der Waals surface area contributed by atoms with Crippen molar-refractivity contribution >= 4 is 5.91 Å². The van der Waals surface area contributed by atoms with Gasteiger partial charge in [-0.15, -0.1) is 0 Å². The quantitative estimate of drug-likeness (QED) is 0.787. The highest BCUT2D eigenvalue weighted by molar-refractivity contribution is 5.76. The van der Waals surface area contributed by atoms with Crippen LogP contribution in [0.5, 0.6) is 0 Å². The number of piperidine rings is 1. The third kappa shape index (κ3) is 6.95. The average Bonchev–Trinajstić information content (AvgIpc) is 2.57. The van der Waals surface area contributed by atoms with Gasteiger partial charge < -0.3 is 5.32 Å². The number of rotatable bonds is 7. The van der Waals surface area contributed by atoms with Crippen molar-refractivity contribution in [2.75, 3.05) is 26.2 Å². The Morgan fingerprint density at radius 3 is 2.91 bits per heavy atom. The molecule has 1 unspecified atom stereocenters. The highest BCUT2D eigenvalue weighted by Crippen LogP contribution is 2.16. The number of pyridine rings is 1. The second-order valence-corrected chi connectivity index (χ2v) is 6.71. The summed E-state index contributed by atoms with van der Waals surface area (Å²) in [6.45, 7) is 8.40. The monoisotopic (exact) mass is 315 g/mol. The molecule has 0 saturated carbocycles. The van der Waals surface area contributed by atoms with E-state index in [4.69, 9.17) is 0 Å². The lowest BCUT2D eigenvalue weighted by molar-refractivity contribution is -0.121. The predicted molar refractivity (Wildman–Crippen MR) is 94.2 cm³/mol. The first kappa shape index (κ1) is 17.7. The smallest absolute Gasteiger partial charge is 0.220 e. The van der Waals surface area contributed by atoms with Crippen LogP contribution in [0.3, 0.4) is 0 Å². The van der Waals surface area contributed by atoms with E-state index in [1.54, 1.807) is 12.4 Å². The molecule has 1 atom stereocenters. The number of hydrogen-bond acceptors (Lipinski definition) is 3. The molecule has 1 fully saturated rings. The van der Waals surface area contributed by atoms with Gasteiger partial charge in [0.2, 0.25) is 5.91 Å². The first-order chi connectivity index (χ1) is 11.1. The zero-order chi connectivity index (χ0) is 16.5. The molecule has 0 aromatic carbocycles. The molecule has 1 aromatic rings. The highest BCUT2D eigenvalue weighted by atomic mass is 16.1. The lowest BCUT2D eigenvalue weighted by atomic mass is 9.98. The molecule has 1 aliphatic rings. The van der Waals surface area contributed by atoms with Crippen LogP contribution in [0.15, 0.2) is 36.2 Å². The Balaban J connectivity index is 1.66. The van der Waals surface area contributed by atoms with Gasteiger partial charge in [-0.05, 0) is 63.3 Å². The van der Waals surface area contributed by atoms with Gasteiger partial charge >= 0.3 is 0 Å². The molecule has 1 N–H and O–H groups in total. The van der Waals surface area contributed by atoms with E-state index in [0.717, 1.165) is 26.1 Å². The largest absolute Gasteiger partial charge is 0.356 e. The fraction of sp³-hybridized carbons (Fsp3) is 0.579. The highest BCUT2D eigenvalue weighted by Gasteiger charge is 2.19. The molecule has 4 heteroatoms. The maximum atomic E-state index is 12.0. The summed E-state index contributed by atoms with van der Waals surface area (Å²) < 4.78 is 0. The van der Waals surface area contributed by atoms with Crippen LogP contribution in [-0.4, -0.2) is 42.0 Å². The van der Waals surface area contributed by atoms with Crippen LogP contribution >= 0.6 is 0 Å². The first-order valence-electron chi connectivity index (χ1n) is 8.65. The molecule has 126 valence electrons. The van der Waals surface area contributed by atoms with Gasteiger partial charge in [0.1, 0.15) is 0 Å². The van der Waals surface area contributed by atoms with Crippen LogP contribution in [0, 0.1) is 5.92 Å². The zero-order valence-corrected chi connectivity index (χ0v) is 14.4. The number of aryl methyl sites for hydroxylation is 1. The number of aromatic nitrogens is 1. The van der Waals surface area contributed by atoms with E-state index >= 15 is 0 Å². The van der Waals surface area contributed by atoms with Gasteiger partial charge in [-0.1, -0.05) is 11.6 Å². The van der Waals surface area contributed by atoms with Gasteiger partial charge in [0.05, 0.1) is 0 Å². The fourth-order valence-corrected chi connectivity index (χ4v) is 2.95. The van der Waals surface area contributed by atoms with Crippen LogP contribution in [0.25, 0.3) is 0 Å². The molecule has 0 bridgehead atoms. The number of carbonyl (C=O) groups is 1. The topological polar surface area (TPSA) is 45.2 Å². The standard InChI is InChI=1S/C19H29N3O/c1-16(2)9-13-22-12-3-4-18(15-22)14-21-19(23)6-5-17-7-10-20-11-8-17/h7-11,18H,3-6,12-15H2,1-2H3,(H,21,23). The van der Waals surface area contributed by atoms with Crippen LogP contribution in [0.1, 0.15) is 38.7 Å². The number of likely N-dealkylation sites (tertiary alicyclic amines) is 1. The van der Waals surface area contributed by atoms with Crippen LogP contribution in [0.2, 0.25) is 0 Å². The van der Waals surface area contributed by atoms with Gasteiger partial charge in [-0.2, -0.15) is 0 Å². The Hall–Kier alpha value is -1.68. The van der Waals surface area contributed by atoms with Crippen molar-refractivity contribution in [3.63, 3.8) is 0 Å². The van der Waals surface area contributed by atoms with Crippen molar-refractivity contribution < 1.29 is 4.79 Å². The second kappa shape index (κ2) is 9.46. The molecular weight excluding hydrogens is 286 g/mol. The minimum absolute atomic E-state index is 0.156. The molecule has 1 aromatic heterocycles. The first-order valence-corrected chi connectivity index (χ1v) is 8.65. The maximum Gasteiger partial charge on any atom is 0.220 e. The molecule has 0 spiro atoms. The SMILES string of the molecule is CC(C)=CCN1CCCC(CNC(=O)CCc2ccncc2)C1. The van der Waals surface area contributed by atoms with Gasteiger partial charge in [0, 0.05) is 38.4 Å². The molecule has 2 rings (SSSR count). The number of amides is 1. The summed E-state index contributed by atoms with van der Waals surface area (Å²) in [5.74, 6) is 0.738. The number of hydrogen-bond donors (Lipinski definition) is 1. The van der Waals surface area contributed by atoms with Crippen LogP contribution in [0.4, 0.5) is 0 Å². The molecule has 2 heterocycles. The van der Waals surface area contributed by atoms with Gasteiger partial charge in [0.15, 0.2) is 0 Å². The number of carbonyl (C=O) groups excluding carboxylic acids is 1. The number of nitrogens with zero attached hydrogens (tertiary/aromatic N) is 2. The van der Waals surface area contributed by atoms with E-state index in [1.807, 2.05) is 12.1 Å². The molecular formula is C19H29N3O. The Morgan fingerprint density at radius 1 is 1.39 bits per heavy atom. The molecule has 0 radical (unpaired) electrons. The summed E-state index contributed by atoms with van der Waals surface area (Å²) >= 11 is 0. The Labute approximate surface area is 140 Å². The summed E-state index contributed by atoms with van der Waals surface area (Å²) in [6, 6.07) is 3.94. The van der Waals surface area contributed by atoms with E-state index in [0.29, 0.717) is 12.3 Å².